The maximum Gasteiger partial charge on any atom is 0.0497 e. The number of aliphatic hydroxyl groups excluding tert-OH is 2. The molecule has 1 saturated heterocycles. The lowest BCUT2D eigenvalue weighted by Crippen LogP contribution is -2.43. The van der Waals surface area contributed by atoms with Gasteiger partial charge in [0.15, 0.2) is 0 Å². The van der Waals surface area contributed by atoms with Crippen LogP contribution < -0.4 is 0 Å². The molecule has 0 spiro atoms. The van der Waals surface area contributed by atoms with E-state index < -0.39 is 0 Å². The minimum Gasteiger partial charge on any atom is -0.396 e. The standard InChI is InChI=1S/C14H29NO2/c1-3-7-14(2,12-17)11-15-8-4-5-13(10-15)6-9-16/h13,16-17H,3-12H2,1-2H3. The third-order valence-electron chi connectivity index (χ3n) is 3.98. The molecule has 0 saturated carbocycles. The van der Waals surface area contributed by atoms with Crippen LogP contribution in [0.5, 0.6) is 0 Å². The van der Waals surface area contributed by atoms with E-state index in [1.165, 1.54) is 12.8 Å². The van der Waals surface area contributed by atoms with Gasteiger partial charge in [0.05, 0.1) is 0 Å². The maximum absolute atomic E-state index is 9.55. The van der Waals surface area contributed by atoms with E-state index >= 15 is 0 Å². The van der Waals surface area contributed by atoms with Crippen LogP contribution in [-0.4, -0.2) is 48.0 Å². The van der Waals surface area contributed by atoms with Crippen molar-refractivity contribution in [1.82, 2.24) is 4.90 Å². The molecule has 1 heterocycles. The molecule has 17 heavy (non-hydrogen) atoms. The van der Waals surface area contributed by atoms with Crippen LogP contribution in [0.2, 0.25) is 0 Å². The molecule has 1 fully saturated rings. The average molecular weight is 243 g/mol. The van der Waals surface area contributed by atoms with E-state index in [9.17, 15) is 5.11 Å². The van der Waals surface area contributed by atoms with Crippen LogP contribution in [0.25, 0.3) is 0 Å². The van der Waals surface area contributed by atoms with Gasteiger partial charge in [-0.2, -0.15) is 0 Å². The number of aliphatic hydroxyl groups is 2. The molecule has 0 bridgehead atoms. The predicted octanol–water partition coefficient (Wildman–Crippen LogP) is 1.88. The van der Waals surface area contributed by atoms with Crippen molar-refractivity contribution in [3.8, 4) is 0 Å². The van der Waals surface area contributed by atoms with Crippen molar-refractivity contribution in [2.75, 3.05) is 32.8 Å². The molecule has 1 aliphatic heterocycles. The summed E-state index contributed by atoms with van der Waals surface area (Å²) in [6.45, 7) is 8.21. The zero-order chi connectivity index (χ0) is 12.7. The number of rotatable bonds is 7. The van der Waals surface area contributed by atoms with Crippen LogP contribution in [0.1, 0.15) is 46.0 Å². The van der Waals surface area contributed by atoms with Gasteiger partial charge in [-0.3, -0.25) is 0 Å². The fourth-order valence-electron chi connectivity index (χ4n) is 3.06. The lowest BCUT2D eigenvalue weighted by atomic mass is 9.84. The fraction of sp³-hybridized carbons (Fsp3) is 1.00. The number of likely N-dealkylation sites (tertiary alicyclic amines) is 1. The lowest BCUT2D eigenvalue weighted by Gasteiger charge is -2.38. The molecule has 0 radical (unpaired) electrons. The first-order valence-corrected chi connectivity index (χ1v) is 7.07. The largest absolute Gasteiger partial charge is 0.396 e. The first-order valence-electron chi connectivity index (χ1n) is 7.07. The molecule has 2 unspecified atom stereocenters. The third-order valence-corrected chi connectivity index (χ3v) is 3.98. The van der Waals surface area contributed by atoms with Crippen molar-refractivity contribution in [1.29, 1.82) is 0 Å². The molecule has 1 aliphatic rings. The highest BCUT2D eigenvalue weighted by molar-refractivity contribution is 4.81. The van der Waals surface area contributed by atoms with E-state index in [4.69, 9.17) is 5.11 Å². The zero-order valence-electron chi connectivity index (χ0n) is 11.5. The second-order valence-electron chi connectivity index (χ2n) is 5.97. The monoisotopic (exact) mass is 243 g/mol. The van der Waals surface area contributed by atoms with E-state index in [1.54, 1.807) is 0 Å². The summed E-state index contributed by atoms with van der Waals surface area (Å²) in [6.07, 6.45) is 5.63. The highest BCUT2D eigenvalue weighted by Gasteiger charge is 2.28. The summed E-state index contributed by atoms with van der Waals surface area (Å²) >= 11 is 0. The van der Waals surface area contributed by atoms with Gasteiger partial charge in [0.25, 0.3) is 0 Å². The second-order valence-corrected chi connectivity index (χ2v) is 5.97. The Bertz CT molecular complexity index is 208. The highest BCUT2D eigenvalue weighted by atomic mass is 16.3. The molecule has 0 aliphatic carbocycles. The molecular weight excluding hydrogens is 214 g/mol. The summed E-state index contributed by atoms with van der Waals surface area (Å²) in [5.41, 5.74) is 0.0514. The van der Waals surface area contributed by atoms with Crippen LogP contribution in [0.3, 0.4) is 0 Å². The van der Waals surface area contributed by atoms with Crippen LogP contribution in [0, 0.1) is 11.3 Å². The molecule has 2 atom stereocenters. The molecule has 3 nitrogen and oxygen atoms in total. The zero-order valence-corrected chi connectivity index (χ0v) is 11.5. The summed E-state index contributed by atoms with van der Waals surface area (Å²) in [6, 6.07) is 0. The molecule has 1 rings (SSSR count). The van der Waals surface area contributed by atoms with E-state index in [0.29, 0.717) is 12.5 Å². The van der Waals surface area contributed by atoms with E-state index in [-0.39, 0.29) is 12.0 Å². The minimum absolute atomic E-state index is 0.0514. The number of hydrogen-bond donors (Lipinski definition) is 2. The van der Waals surface area contributed by atoms with Gasteiger partial charge in [-0.05, 0) is 38.1 Å². The first-order chi connectivity index (χ1) is 8.13. The highest BCUT2D eigenvalue weighted by Crippen LogP contribution is 2.27. The van der Waals surface area contributed by atoms with Gasteiger partial charge in [-0.25, -0.2) is 0 Å². The summed E-state index contributed by atoms with van der Waals surface area (Å²) in [5, 5.41) is 18.6. The normalized spacial score (nSPS) is 25.8. The molecule has 2 N–H and O–H groups in total. The molecule has 0 amide bonds. The Kier molecular flexibility index (Phi) is 6.45. The Morgan fingerprint density at radius 1 is 1.35 bits per heavy atom. The Hall–Kier alpha value is -0.120. The van der Waals surface area contributed by atoms with Crippen molar-refractivity contribution in [3.63, 3.8) is 0 Å². The van der Waals surface area contributed by atoms with Gasteiger partial charge in [-0.15, -0.1) is 0 Å². The summed E-state index contributed by atoms with van der Waals surface area (Å²) in [4.78, 5) is 2.48. The fourth-order valence-corrected chi connectivity index (χ4v) is 3.06. The van der Waals surface area contributed by atoms with Crippen LogP contribution in [0.4, 0.5) is 0 Å². The average Bonchev–Trinajstić information content (AvgIpc) is 2.30. The van der Waals surface area contributed by atoms with E-state index in [0.717, 1.165) is 38.9 Å². The smallest absolute Gasteiger partial charge is 0.0497 e. The quantitative estimate of drug-likeness (QED) is 0.717. The molecule has 0 aromatic carbocycles. The van der Waals surface area contributed by atoms with Crippen molar-refractivity contribution in [2.45, 2.75) is 46.0 Å². The Labute approximate surface area is 106 Å². The number of hydrogen-bond acceptors (Lipinski definition) is 3. The van der Waals surface area contributed by atoms with Crippen molar-refractivity contribution < 1.29 is 10.2 Å². The van der Waals surface area contributed by atoms with E-state index in [2.05, 4.69) is 18.7 Å². The molecule has 0 aromatic heterocycles. The topological polar surface area (TPSA) is 43.7 Å². The lowest BCUT2D eigenvalue weighted by molar-refractivity contribution is 0.0543. The van der Waals surface area contributed by atoms with Crippen molar-refractivity contribution in [2.24, 2.45) is 11.3 Å². The Morgan fingerprint density at radius 2 is 2.12 bits per heavy atom. The second kappa shape index (κ2) is 7.34. The summed E-state index contributed by atoms with van der Waals surface area (Å²) in [7, 11) is 0. The molecular formula is C14H29NO2. The number of piperidine rings is 1. The van der Waals surface area contributed by atoms with Gasteiger partial charge in [-0.1, -0.05) is 20.3 Å². The predicted molar refractivity (Wildman–Crippen MR) is 71.0 cm³/mol. The molecule has 102 valence electrons. The minimum atomic E-state index is 0.0514. The van der Waals surface area contributed by atoms with Gasteiger partial charge in [0, 0.05) is 31.7 Å². The summed E-state index contributed by atoms with van der Waals surface area (Å²) < 4.78 is 0. The summed E-state index contributed by atoms with van der Waals surface area (Å²) in [5.74, 6) is 0.651. The molecule has 3 heteroatoms. The van der Waals surface area contributed by atoms with E-state index in [1.807, 2.05) is 0 Å². The van der Waals surface area contributed by atoms with Gasteiger partial charge >= 0.3 is 0 Å². The van der Waals surface area contributed by atoms with Crippen LogP contribution >= 0.6 is 0 Å². The first kappa shape index (κ1) is 14.9. The van der Waals surface area contributed by atoms with Gasteiger partial charge in [0.1, 0.15) is 0 Å². The van der Waals surface area contributed by atoms with Gasteiger partial charge in [0.2, 0.25) is 0 Å². The SMILES string of the molecule is CCCC(C)(CO)CN1CCCC(CCO)C1. The van der Waals surface area contributed by atoms with Gasteiger partial charge < -0.3 is 15.1 Å². The maximum atomic E-state index is 9.55. The van der Waals surface area contributed by atoms with Crippen molar-refractivity contribution >= 4 is 0 Å². The Balaban J connectivity index is 2.43. The van der Waals surface area contributed by atoms with Crippen molar-refractivity contribution in [3.05, 3.63) is 0 Å². The van der Waals surface area contributed by atoms with Crippen LogP contribution in [-0.2, 0) is 0 Å². The Morgan fingerprint density at radius 3 is 2.71 bits per heavy atom. The number of nitrogens with zero attached hydrogens (tertiary/aromatic N) is 1. The third kappa shape index (κ3) is 4.94. The van der Waals surface area contributed by atoms with Crippen LogP contribution in [0.15, 0.2) is 0 Å². The molecule has 0 aromatic rings.